The first-order chi connectivity index (χ1) is 14.3. The number of anilines is 1. The maximum Gasteiger partial charge on any atom is 0.284 e. The van der Waals surface area contributed by atoms with E-state index in [1.807, 2.05) is 19.9 Å². The van der Waals surface area contributed by atoms with Gasteiger partial charge in [0.05, 0.1) is 17.9 Å². The van der Waals surface area contributed by atoms with Gasteiger partial charge in [0.15, 0.2) is 11.3 Å². The molecule has 160 valence electrons. The highest BCUT2D eigenvalue weighted by Crippen LogP contribution is 2.34. The van der Waals surface area contributed by atoms with E-state index < -0.39 is 18.0 Å². The van der Waals surface area contributed by atoms with Crippen molar-refractivity contribution in [3.8, 4) is 0 Å². The first kappa shape index (κ1) is 20.4. The van der Waals surface area contributed by atoms with Gasteiger partial charge in [-0.1, -0.05) is 20.8 Å². The third kappa shape index (κ3) is 3.93. The first-order valence-corrected chi connectivity index (χ1v) is 10.4. The molecule has 3 aromatic rings. The molecule has 1 amide bonds. The average Bonchev–Trinajstić information content (AvgIpc) is 3.32. The normalized spacial score (nSPS) is 19.7. The molecule has 0 unspecified atom stereocenters. The molecular weight excluding hydrogens is 390 g/mol. The lowest BCUT2D eigenvalue weighted by Crippen LogP contribution is -2.17. The van der Waals surface area contributed by atoms with E-state index in [0.29, 0.717) is 11.6 Å². The summed E-state index contributed by atoms with van der Waals surface area (Å²) in [6.45, 7) is 6.21. The Morgan fingerprint density at radius 3 is 2.63 bits per heavy atom. The molecule has 7 nitrogen and oxygen atoms in total. The second-order valence-electron chi connectivity index (χ2n) is 8.41. The van der Waals surface area contributed by atoms with Gasteiger partial charge in [0.1, 0.15) is 5.56 Å². The minimum Gasteiger partial charge on any atom is -0.319 e. The molecular formula is C21H26F2N6O. The van der Waals surface area contributed by atoms with Gasteiger partial charge in [0, 0.05) is 18.1 Å². The molecule has 0 atom stereocenters. The van der Waals surface area contributed by atoms with Gasteiger partial charge in [-0.05, 0) is 43.6 Å². The van der Waals surface area contributed by atoms with Gasteiger partial charge in [-0.3, -0.25) is 9.48 Å². The molecule has 1 saturated carbocycles. The van der Waals surface area contributed by atoms with E-state index in [2.05, 4.69) is 27.4 Å². The molecule has 0 bridgehead atoms. The van der Waals surface area contributed by atoms with Gasteiger partial charge >= 0.3 is 0 Å². The molecule has 0 aromatic carbocycles. The molecule has 4 rings (SSSR count). The maximum absolute atomic E-state index is 13.6. The van der Waals surface area contributed by atoms with Crippen LogP contribution in [0.2, 0.25) is 0 Å². The van der Waals surface area contributed by atoms with Crippen molar-refractivity contribution in [3.63, 3.8) is 0 Å². The second kappa shape index (κ2) is 8.12. The summed E-state index contributed by atoms with van der Waals surface area (Å²) in [7, 11) is 0. The van der Waals surface area contributed by atoms with Crippen molar-refractivity contribution in [2.24, 2.45) is 5.92 Å². The highest BCUT2D eigenvalue weighted by atomic mass is 19.3. The van der Waals surface area contributed by atoms with Gasteiger partial charge in [-0.25, -0.2) is 18.3 Å². The molecule has 3 aromatic heterocycles. The standard InChI is InChI=1S/C21H26F2N6O/c1-12(2)16-8-9-28-20(25-16)15(10-24-28)21(30)26-17-11-29(27-18(17)19(22)23)14-6-4-13(3)5-7-14/h8-14,19H,4-7H2,1-3H3,(H,26,30)/t13-,14-. The largest absolute Gasteiger partial charge is 0.319 e. The van der Waals surface area contributed by atoms with Crippen molar-refractivity contribution in [1.82, 2.24) is 24.4 Å². The van der Waals surface area contributed by atoms with Crippen LogP contribution in [0.4, 0.5) is 14.5 Å². The van der Waals surface area contributed by atoms with Crippen molar-refractivity contribution in [2.75, 3.05) is 5.32 Å². The summed E-state index contributed by atoms with van der Waals surface area (Å²) in [5.74, 6) is 0.296. The summed E-state index contributed by atoms with van der Waals surface area (Å²) in [6.07, 6.45) is 5.77. The minimum absolute atomic E-state index is 0.0352. The Balaban J connectivity index is 1.61. The fourth-order valence-corrected chi connectivity index (χ4v) is 3.91. The predicted octanol–water partition coefficient (Wildman–Crippen LogP) is 4.99. The SMILES string of the molecule is CC(C)c1ccn2ncc(C(=O)Nc3cn([C@H]4CC[C@H](C)CC4)nc3C(F)F)c2n1. The second-order valence-corrected chi connectivity index (χ2v) is 8.41. The number of nitrogens with zero attached hydrogens (tertiary/aromatic N) is 5. The average molecular weight is 416 g/mol. The number of amides is 1. The summed E-state index contributed by atoms with van der Waals surface area (Å²) >= 11 is 0. The van der Waals surface area contributed by atoms with E-state index in [1.54, 1.807) is 10.9 Å². The lowest BCUT2D eigenvalue weighted by molar-refractivity contribution is 0.102. The van der Waals surface area contributed by atoms with E-state index in [1.165, 1.54) is 16.9 Å². The van der Waals surface area contributed by atoms with Gasteiger partial charge in [0.25, 0.3) is 12.3 Å². The Hall–Kier alpha value is -2.84. The molecule has 0 radical (unpaired) electrons. The van der Waals surface area contributed by atoms with Crippen molar-refractivity contribution >= 4 is 17.2 Å². The number of rotatable bonds is 5. The molecule has 1 fully saturated rings. The van der Waals surface area contributed by atoms with Crippen LogP contribution in [-0.2, 0) is 0 Å². The molecule has 30 heavy (non-hydrogen) atoms. The summed E-state index contributed by atoms with van der Waals surface area (Å²) in [4.78, 5) is 17.4. The molecule has 0 spiro atoms. The van der Waals surface area contributed by atoms with Gasteiger partial charge < -0.3 is 5.32 Å². The highest BCUT2D eigenvalue weighted by molar-refractivity contribution is 6.08. The molecule has 1 aliphatic rings. The fourth-order valence-electron chi connectivity index (χ4n) is 3.91. The van der Waals surface area contributed by atoms with Crippen molar-refractivity contribution < 1.29 is 13.6 Å². The van der Waals surface area contributed by atoms with Crippen LogP contribution in [0.5, 0.6) is 0 Å². The Bertz CT molecular complexity index is 1050. The topological polar surface area (TPSA) is 77.1 Å². The Morgan fingerprint density at radius 1 is 1.23 bits per heavy atom. The number of nitrogens with one attached hydrogen (secondary N) is 1. The number of carbonyl (C=O) groups excluding carboxylic acids is 1. The Kier molecular flexibility index (Phi) is 5.53. The van der Waals surface area contributed by atoms with E-state index in [-0.39, 0.29) is 23.2 Å². The van der Waals surface area contributed by atoms with Crippen LogP contribution < -0.4 is 5.32 Å². The third-order valence-electron chi connectivity index (χ3n) is 5.80. The summed E-state index contributed by atoms with van der Waals surface area (Å²) in [5.41, 5.74) is 1.08. The molecule has 0 aliphatic heterocycles. The fraction of sp³-hybridized carbons (Fsp3) is 0.524. The van der Waals surface area contributed by atoms with E-state index in [9.17, 15) is 13.6 Å². The molecule has 1 N–H and O–H groups in total. The Morgan fingerprint density at radius 2 is 1.97 bits per heavy atom. The van der Waals surface area contributed by atoms with Crippen LogP contribution in [0, 0.1) is 5.92 Å². The molecule has 3 heterocycles. The zero-order valence-electron chi connectivity index (χ0n) is 17.3. The summed E-state index contributed by atoms with van der Waals surface area (Å²) in [6, 6.07) is 1.92. The van der Waals surface area contributed by atoms with E-state index in [0.717, 1.165) is 31.4 Å². The highest BCUT2D eigenvalue weighted by Gasteiger charge is 2.26. The van der Waals surface area contributed by atoms with Gasteiger partial charge in [0.2, 0.25) is 0 Å². The molecule has 9 heteroatoms. The number of fused-ring (bicyclic) bond motifs is 1. The summed E-state index contributed by atoms with van der Waals surface area (Å²) < 4.78 is 30.3. The minimum atomic E-state index is -2.78. The van der Waals surface area contributed by atoms with Crippen LogP contribution in [0.25, 0.3) is 5.65 Å². The predicted molar refractivity (Wildman–Crippen MR) is 109 cm³/mol. The number of aromatic nitrogens is 5. The number of hydrogen-bond acceptors (Lipinski definition) is 4. The van der Waals surface area contributed by atoms with Crippen LogP contribution in [0.3, 0.4) is 0 Å². The van der Waals surface area contributed by atoms with Crippen molar-refractivity contribution in [3.05, 3.63) is 41.6 Å². The lowest BCUT2D eigenvalue weighted by Gasteiger charge is -2.26. The van der Waals surface area contributed by atoms with Crippen molar-refractivity contribution in [1.29, 1.82) is 0 Å². The van der Waals surface area contributed by atoms with Gasteiger partial charge in [-0.2, -0.15) is 10.2 Å². The van der Waals surface area contributed by atoms with E-state index in [4.69, 9.17) is 0 Å². The quantitative estimate of drug-likeness (QED) is 0.636. The van der Waals surface area contributed by atoms with E-state index >= 15 is 0 Å². The maximum atomic E-state index is 13.6. The zero-order chi connectivity index (χ0) is 21.4. The van der Waals surface area contributed by atoms with Crippen molar-refractivity contribution in [2.45, 2.75) is 64.8 Å². The number of carbonyl (C=O) groups is 1. The third-order valence-corrected chi connectivity index (χ3v) is 5.80. The number of halogens is 2. The first-order valence-electron chi connectivity index (χ1n) is 10.4. The van der Waals surface area contributed by atoms with Gasteiger partial charge in [-0.15, -0.1) is 0 Å². The van der Waals surface area contributed by atoms with Crippen LogP contribution in [0.1, 0.15) is 86.6 Å². The molecule has 1 aliphatic carbocycles. The number of hydrogen-bond donors (Lipinski definition) is 1. The monoisotopic (exact) mass is 416 g/mol. The van der Waals surface area contributed by atoms with Crippen LogP contribution in [0.15, 0.2) is 24.7 Å². The smallest absolute Gasteiger partial charge is 0.284 e. The van der Waals surface area contributed by atoms with Crippen LogP contribution in [-0.4, -0.2) is 30.3 Å². The zero-order valence-corrected chi connectivity index (χ0v) is 17.3. The Labute approximate surface area is 173 Å². The lowest BCUT2D eigenvalue weighted by atomic mass is 9.87. The summed E-state index contributed by atoms with van der Waals surface area (Å²) in [5, 5.41) is 10.9. The van der Waals surface area contributed by atoms with Crippen LogP contribution >= 0.6 is 0 Å². The number of alkyl halides is 2. The molecule has 0 saturated heterocycles.